The summed E-state index contributed by atoms with van der Waals surface area (Å²) < 4.78 is 27.4. The molecule has 1 N–H and O–H groups in total. The third kappa shape index (κ3) is 5.01. The predicted octanol–water partition coefficient (Wildman–Crippen LogP) is 3.27. The first kappa shape index (κ1) is 22.7. The van der Waals surface area contributed by atoms with Crippen LogP contribution in [0.4, 0.5) is 4.79 Å². The van der Waals surface area contributed by atoms with Gasteiger partial charge in [-0.3, -0.25) is 0 Å². The van der Waals surface area contributed by atoms with E-state index in [0.29, 0.717) is 24.5 Å². The number of benzene rings is 1. The molecule has 0 unspecified atom stereocenters. The Morgan fingerprint density at radius 1 is 1.17 bits per heavy atom. The Morgan fingerprint density at radius 3 is 2.40 bits per heavy atom. The van der Waals surface area contributed by atoms with E-state index in [4.69, 9.17) is 0 Å². The third-order valence-corrected chi connectivity index (χ3v) is 8.46. The van der Waals surface area contributed by atoms with Crippen molar-refractivity contribution in [2.75, 3.05) is 26.2 Å². The van der Waals surface area contributed by atoms with Crippen LogP contribution in [0.1, 0.15) is 42.6 Å². The number of nitrogens with one attached hydrogen (secondary N) is 1. The van der Waals surface area contributed by atoms with Crippen LogP contribution in [0, 0.1) is 13.8 Å². The lowest BCUT2D eigenvalue weighted by Gasteiger charge is -2.34. The summed E-state index contributed by atoms with van der Waals surface area (Å²) in [6, 6.07) is 5.16. The second kappa shape index (κ2) is 8.64. The van der Waals surface area contributed by atoms with E-state index in [9.17, 15) is 13.2 Å². The maximum atomic E-state index is 13.0. The van der Waals surface area contributed by atoms with Crippen LogP contribution in [0.2, 0.25) is 0 Å². The molecule has 2 heterocycles. The minimum atomic E-state index is -3.56. The number of carbonyl (C=O) groups is 1. The van der Waals surface area contributed by atoms with Gasteiger partial charge in [0.15, 0.2) is 0 Å². The van der Waals surface area contributed by atoms with E-state index in [-0.39, 0.29) is 24.5 Å². The number of aryl methyl sites for hydroxylation is 2. The van der Waals surface area contributed by atoms with Gasteiger partial charge in [0.1, 0.15) is 0 Å². The molecule has 1 aliphatic heterocycles. The standard InChI is InChI=1S/C21H30N4O3S2/c1-15-6-7-18(16(2)12-15)30(27,28)25-10-8-24(9-11-25)20(26)22-13-17-14-29-19(23-17)21(3,4)5/h6-7,12,14H,8-11,13H2,1-5H3,(H,22,26). The molecule has 2 amide bonds. The smallest absolute Gasteiger partial charge is 0.317 e. The average Bonchev–Trinajstić information content (AvgIpc) is 3.15. The van der Waals surface area contributed by atoms with Crippen molar-refractivity contribution in [1.29, 1.82) is 0 Å². The summed E-state index contributed by atoms with van der Waals surface area (Å²) in [5.41, 5.74) is 2.61. The Morgan fingerprint density at radius 2 is 1.83 bits per heavy atom. The Balaban J connectivity index is 1.56. The molecule has 164 valence electrons. The van der Waals surface area contributed by atoms with Crippen LogP contribution in [-0.4, -0.2) is 54.8 Å². The Bertz CT molecular complexity index is 1020. The van der Waals surface area contributed by atoms with Gasteiger partial charge in [0.05, 0.1) is 22.1 Å². The van der Waals surface area contributed by atoms with Crippen LogP contribution in [-0.2, 0) is 22.0 Å². The third-order valence-electron chi connectivity index (χ3n) is 5.09. The highest BCUT2D eigenvalue weighted by Crippen LogP contribution is 2.25. The largest absolute Gasteiger partial charge is 0.332 e. The number of carbonyl (C=O) groups excluding carboxylic acids is 1. The van der Waals surface area contributed by atoms with Gasteiger partial charge in [-0.25, -0.2) is 18.2 Å². The van der Waals surface area contributed by atoms with E-state index in [1.54, 1.807) is 22.3 Å². The van der Waals surface area contributed by atoms with E-state index in [1.807, 2.05) is 31.4 Å². The van der Waals surface area contributed by atoms with Crippen LogP contribution in [0.5, 0.6) is 0 Å². The van der Waals surface area contributed by atoms with Crippen LogP contribution in [0.3, 0.4) is 0 Å². The lowest BCUT2D eigenvalue weighted by Crippen LogP contribution is -2.53. The van der Waals surface area contributed by atoms with Crippen LogP contribution < -0.4 is 5.32 Å². The number of hydrogen-bond donors (Lipinski definition) is 1. The average molecular weight is 451 g/mol. The molecule has 0 saturated carbocycles. The molecule has 0 atom stereocenters. The van der Waals surface area contributed by atoms with Gasteiger partial charge in [0, 0.05) is 37.0 Å². The maximum Gasteiger partial charge on any atom is 0.317 e. The minimum absolute atomic E-state index is 0.00938. The van der Waals surface area contributed by atoms with Gasteiger partial charge in [-0.1, -0.05) is 38.5 Å². The zero-order chi connectivity index (χ0) is 22.1. The molecule has 30 heavy (non-hydrogen) atoms. The Labute approximate surface area is 183 Å². The van der Waals surface area contributed by atoms with Gasteiger partial charge in [0.2, 0.25) is 10.0 Å². The highest BCUT2D eigenvalue weighted by Gasteiger charge is 2.31. The predicted molar refractivity (Wildman–Crippen MR) is 119 cm³/mol. The van der Waals surface area contributed by atoms with Gasteiger partial charge < -0.3 is 10.2 Å². The van der Waals surface area contributed by atoms with Crippen molar-refractivity contribution in [2.24, 2.45) is 0 Å². The number of piperazine rings is 1. The van der Waals surface area contributed by atoms with Gasteiger partial charge in [-0.2, -0.15) is 4.31 Å². The molecule has 1 aromatic carbocycles. The van der Waals surface area contributed by atoms with Crippen molar-refractivity contribution in [1.82, 2.24) is 19.5 Å². The van der Waals surface area contributed by atoms with E-state index < -0.39 is 10.0 Å². The molecule has 0 spiro atoms. The number of rotatable bonds is 4. The van der Waals surface area contributed by atoms with E-state index >= 15 is 0 Å². The number of amides is 2. The van der Waals surface area contributed by atoms with E-state index in [1.165, 1.54) is 4.31 Å². The molecule has 7 nitrogen and oxygen atoms in total. The molecule has 0 bridgehead atoms. The van der Waals surface area contributed by atoms with Crippen molar-refractivity contribution in [3.05, 3.63) is 45.4 Å². The monoisotopic (exact) mass is 450 g/mol. The van der Waals surface area contributed by atoms with Crippen molar-refractivity contribution in [3.63, 3.8) is 0 Å². The number of sulfonamides is 1. The van der Waals surface area contributed by atoms with Gasteiger partial charge >= 0.3 is 6.03 Å². The van der Waals surface area contributed by atoms with Crippen molar-refractivity contribution >= 4 is 27.4 Å². The number of aromatic nitrogens is 1. The second-order valence-corrected chi connectivity index (χ2v) is 11.5. The first-order valence-corrected chi connectivity index (χ1v) is 12.4. The molecule has 1 aliphatic rings. The van der Waals surface area contributed by atoms with Crippen molar-refractivity contribution in [2.45, 2.75) is 51.5 Å². The highest BCUT2D eigenvalue weighted by molar-refractivity contribution is 7.89. The molecule has 2 aromatic rings. The molecule has 1 saturated heterocycles. The maximum absolute atomic E-state index is 13.0. The Kier molecular flexibility index (Phi) is 6.54. The fourth-order valence-corrected chi connectivity index (χ4v) is 5.91. The fourth-order valence-electron chi connectivity index (χ4n) is 3.37. The zero-order valence-electron chi connectivity index (χ0n) is 18.2. The summed E-state index contributed by atoms with van der Waals surface area (Å²) >= 11 is 1.60. The molecule has 0 radical (unpaired) electrons. The molecule has 1 fully saturated rings. The zero-order valence-corrected chi connectivity index (χ0v) is 19.9. The quantitative estimate of drug-likeness (QED) is 0.775. The molecular formula is C21H30N4O3S2. The van der Waals surface area contributed by atoms with Gasteiger partial charge in [-0.15, -0.1) is 11.3 Å². The van der Waals surface area contributed by atoms with Crippen LogP contribution in [0.25, 0.3) is 0 Å². The van der Waals surface area contributed by atoms with E-state index in [0.717, 1.165) is 21.8 Å². The minimum Gasteiger partial charge on any atom is -0.332 e. The summed E-state index contributed by atoms with van der Waals surface area (Å²) in [5.74, 6) is 0. The normalized spacial score (nSPS) is 16.0. The molecule has 3 rings (SSSR count). The van der Waals surface area contributed by atoms with Gasteiger partial charge in [-0.05, 0) is 25.5 Å². The molecular weight excluding hydrogens is 420 g/mol. The summed E-state index contributed by atoms with van der Waals surface area (Å²) in [7, 11) is -3.56. The molecule has 0 aliphatic carbocycles. The summed E-state index contributed by atoms with van der Waals surface area (Å²) in [5, 5.41) is 5.90. The number of thiazole rings is 1. The first-order chi connectivity index (χ1) is 14.0. The van der Waals surface area contributed by atoms with Crippen LogP contribution in [0.15, 0.2) is 28.5 Å². The van der Waals surface area contributed by atoms with Crippen molar-refractivity contribution in [3.8, 4) is 0 Å². The summed E-state index contributed by atoms with van der Waals surface area (Å²) in [6.45, 7) is 11.7. The fraction of sp³-hybridized carbons (Fsp3) is 0.524. The lowest BCUT2D eigenvalue weighted by atomic mass is 9.98. The lowest BCUT2D eigenvalue weighted by molar-refractivity contribution is 0.172. The summed E-state index contributed by atoms with van der Waals surface area (Å²) in [6.07, 6.45) is 0. The topological polar surface area (TPSA) is 82.6 Å². The number of hydrogen-bond acceptors (Lipinski definition) is 5. The number of urea groups is 1. The van der Waals surface area contributed by atoms with E-state index in [2.05, 4.69) is 31.1 Å². The number of nitrogens with zero attached hydrogens (tertiary/aromatic N) is 3. The highest BCUT2D eigenvalue weighted by atomic mass is 32.2. The summed E-state index contributed by atoms with van der Waals surface area (Å²) in [4.78, 5) is 19.1. The van der Waals surface area contributed by atoms with Crippen molar-refractivity contribution < 1.29 is 13.2 Å². The molecule has 9 heteroatoms. The molecule has 1 aromatic heterocycles. The Hall–Kier alpha value is -1.97. The second-order valence-electron chi connectivity index (χ2n) is 8.71. The first-order valence-electron chi connectivity index (χ1n) is 10.0. The van der Waals surface area contributed by atoms with Crippen LogP contribution >= 0.6 is 11.3 Å². The SMILES string of the molecule is Cc1ccc(S(=O)(=O)N2CCN(C(=O)NCc3csc(C(C)(C)C)n3)CC2)c(C)c1. The van der Waals surface area contributed by atoms with Gasteiger partial charge in [0.25, 0.3) is 0 Å².